The van der Waals surface area contributed by atoms with Gasteiger partial charge in [0.05, 0.1) is 19.3 Å². The highest BCUT2D eigenvalue weighted by molar-refractivity contribution is 7.14. The lowest BCUT2D eigenvalue weighted by Crippen LogP contribution is -2.48. The number of hydrogen-bond donors (Lipinski definition) is 3. The van der Waals surface area contributed by atoms with E-state index in [-0.39, 0.29) is 18.1 Å². The lowest BCUT2D eigenvalue weighted by atomic mass is 10.0. The highest BCUT2D eigenvalue weighted by atomic mass is 32.1. The van der Waals surface area contributed by atoms with Gasteiger partial charge in [-0.3, -0.25) is 14.6 Å². The third kappa shape index (κ3) is 6.87. The molecule has 2 heterocycles. The molecule has 4 aromatic rings. The van der Waals surface area contributed by atoms with E-state index in [1.165, 1.54) is 11.3 Å². The van der Waals surface area contributed by atoms with E-state index in [1.807, 2.05) is 72.8 Å². The number of ether oxygens (including phenoxy) is 1. The monoisotopic (exact) mass is 487 g/mol. The third-order valence-electron chi connectivity index (χ3n) is 5.13. The second kappa shape index (κ2) is 11.8. The summed E-state index contributed by atoms with van der Waals surface area (Å²) in [6.07, 6.45) is 2.02. The highest BCUT2D eigenvalue weighted by Crippen LogP contribution is 2.24. The van der Waals surface area contributed by atoms with E-state index in [4.69, 9.17) is 4.74 Å². The summed E-state index contributed by atoms with van der Waals surface area (Å²) >= 11 is 1.30. The molecule has 35 heavy (non-hydrogen) atoms. The second-order valence-electron chi connectivity index (χ2n) is 7.65. The molecule has 0 saturated carbocycles. The third-order valence-corrected chi connectivity index (χ3v) is 5.89. The van der Waals surface area contributed by atoms with Crippen molar-refractivity contribution in [3.8, 4) is 5.75 Å². The van der Waals surface area contributed by atoms with Crippen molar-refractivity contribution in [1.29, 1.82) is 0 Å². The van der Waals surface area contributed by atoms with Gasteiger partial charge in [-0.25, -0.2) is 4.98 Å². The van der Waals surface area contributed by atoms with Gasteiger partial charge in [-0.15, -0.1) is 11.3 Å². The van der Waals surface area contributed by atoms with Crippen LogP contribution < -0.4 is 20.7 Å². The number of thiazole rings is 1. The minimum absolute atomic E-state index is 0.232. The molecule has 9 heteroatoms. The van der Waals surface area contributed by atoms with Crippen LogP contribution in [0.4, 0.5) is 10.8 Å². The van der Waals surface area contributed by atoms with Crippen molar-refractivity contribution in [3.63, 3.8) is 0 Å². The SMILES string of the molecule is COc1cccc(Nc2nc(C(=O)N[C@@H](Cc3ccccc3)C(=O)NCc3ccccn3)cs2)c1. The average molecular weight is 488 g/mol. The molecule has 0 unspecified atom stereocenters. The Labute approximate surface area is 207 Å². The van der Waals surface area contributed by atoms with Crippen molar-refractivity contribution in [2.75, 3.05) is 12.4 Å². The number of benzene rings is 2. The number of anilines is 2. The molecule has 178 valence electrons. The van der Waals surface area contributed by atoms with Gasteiger partial charge in [-0.1, -0.05) is 42.5 Å². The number of nitrogens with one attached hydrogen (secondary N) is 3. The van der Waals surface area contributed by atoms with Gasteiger partial charge in [0.2, 0.25) is 5.91 Å². The Kier molecular flexibility index (Phi) is 8.03. The summed E-state index contributed by atoms with van der Waals surface area (Å²) < 4.78 is 5.24. The van der Waals surface area contributed by atoms with E-state index in [2.05, 4.69) is 25.9 Å². The fourth-order valence-corrected chi connectivity index (χ4v) is 4.07. The minimum Gasteiger partial charge on any atom is -0.497 e. The largest absolute Gasteiger partial charge is 0.497 e. The first-order valence-electron chi connectivity index (χ1n) is 11.0. The molecule has 1 atom stereocenters. The zero-order chi connectivity index (χ0) is 24.5. The summed E-state index contributed by atoms with van der Waals surface area (Å²) in [6.45, 7) is 0.270. The van der Waals surface area contributed by atoms with Gasteiger partial charge >= 0.3 is 0 Å². The molecule has 0 aliphatic rings. The molecule has 0 bridgehead atoms. The van der Waals surface area contributed by atoms with E-state index in [9.17, 15) is 9.59 Å². The molecule has 8 nitrogen and oxygen atoms in total. The van der Waals surface area contributed by atoms with Gasteiger partial charge in [-0.2, -0.15) is 0 Å². The summed E-state index contributed by atoms with van der Waals surface area (Å²) in [5.41, 5.74) is 2.69. The van der Waals surface area contributed by atoms with Crippen molar-refractivity contribution in [3.05, 3.63) is 101 Å². The number of carbonyl (C=O) groups excluding carboxylic acids is 2. The molecular weight excluding hydrogens is 462 g/mol. The summed E-state index contributed by atoms with van der Waals surface area (Å²) in [5.74, 6) is -0.00309. The van der Waals surface area contributed by atoms with Crippen molar-refractivity contribution < 1.29 is 14.3 Å². The Balaban J connectivity index is 1.43. The molecule has 0 aliphatic heterocycles. The van der Waals surface area contributed by atoms with E-state index < -0.39 is 11.9 Å². The molecular formula is C26H25N5O3S. The van der Waals surface area contributed by atoms with Gasteiger partial charge in [0.15, 0.2) is 5.13 Å². The number of aromatic nitrogens is 2. The molecule has 2 amide bonds. The number of rotatable bonds is 10. The molecule has 0 aliphatic carbocycles. The molecule has 3 N–H and O–H groups in total. The van der Waals surface area contributed by atoms with E-state index in [0.29, 0.717) is 17.3 Å². The first-order valence-corrected chi connectivity index (χ1v) is 11.9. The Bertz CT molecular complexity index is 1260. The quantitative estimate of drug-likeness (QED) is 0.313. The predicted molar refractivity (Wildman–Crippen MR) is 136 cm³/mol. The van der Waals surface area contributed by atoms with Gasteiger partial charge in [0, 0.05) is 29.8 Å². The minimum atomic E-state index is -0.773. The van der Waals surface area contributed by atoms with Crippen LogP contribution in [0.3, 0.4) is 0 Å². The molecule has 0 saturated heterocycles. The summed E-state index contributed by atoms with van der Waals surface area (Å²) in [6, 6.07) is 21.7. The number of nitrogens with zero attached hydrogens (tertiary/aromatic N) is 2. The smallest absolute Gasteiger partial charge is 0.271 e. The first kappa shape index (κ1) is 23.9. The number of methoxy groups -OCH3 is 1. The highest BCUT2D eigenvalue weighted by Gasteiger charge is 2.23. The van der Waals surface area contributed by atoms with Crippen LogP contribution in [0.15, 0.2) is 84.4 Å². The number of hydrogen-bond acceptors (Lipinski definition) is 7. The van der Waals surface area contributed by atoms with Gasteiger partial charge in [-0.05, 0) is 29.8 Å². The molecule has 4 rings (SSSR count). The zero-order valence-electron chi connectivity index (χ0n) is 19.1. The fraction of sp³-hybridized carbons (Fsp3) is 0.154. The van der Waals surface area contributed by atoms with Crippen LogP contribution in [0, 0.1) is 0 Å². The van der Waals surface area contributed by atoms with Crippen LogP contribution in [-0.4, -0.2) is 34.9 Å². The number of pyridine rings is 1. The Morgan fingerprint density at radius 2 is 1.86 bits per heavy atom. The number of amides is 2. The van der Waals surface area contributed by atoms with Gasteiger partial charge in [0.25, 0.3) is 5.91 Å². The van der Waals surface area contributed by atoms with E-state index in [1.54, 1.807) is 18.7 Å². The predicted octanol–water partition coefficient (Wildman–Crippen LogP) is 3.95. The number of carbonyl (C=O) groups is 2. The summed E-state index contributed by atoms with van der Waals surface area (Å²) in [5, 5.41) is 11.1. The van der Waals surface area contributed by atoms with Crippen molar-refractivity contribution in [2.45, 2.75) is 19.0 Å². The Morgan fingerprint density at radius 1 is 1.03 bits per heavy atom. The van der Waals surface area contributed by atoms with Crippen LogP contribution in [0.5, 0.6) is 5.75 Å². The molecule has 2 aromatic heterocycles. The van der Waals surface area contributed by atoms with E-state index in [0.717, 1.165) is 16.9 Å². The van der Waals surface area contributed by atoms with Crippen LogP contribution >= 0.6 is 11.3 Å². The van der Waals surface area contributed by atoms with Crippen LogP contribution in [0.1, 0.15) is 21.7 Å². The Morgan fingerprint density at radius 3 is 2.63 bits per heavy atom. The van der Waals surface area contributed by atoms with Gasteiger partial charge < -0.3 is 20.7 Å². The maximum absolute atomic E-state index is 13.0. The van der Waals surface area contributed by atoms with Crippen molar-refractivity contribution >= 4 is 34.0 Å². The molecule has 0 radical (unpaired) electrons. The topological polar surface area (TPSA) is 105 Å². The van der Waals surface area contributed by atoms with Crippen LogP contribution in [-0.2, 0) is 17.8 Å². The maximum Gasteiger partial charge on any atom is 0.271 e. The maximum atomic E-state index is 13.0. The Hall–Kier alpha value is -4.24. The lowest BCUT2D eigenvalue weighted by molar-refractivity contribution is -0.123. The second-order valence-corrected chi connectivity index (χ2v) is 8.51. The normalized spacial score (nSPS) is 11.3. The van der Waals surface area contributed by atoms with Crippen LogP contribution in [0.25, 0.3) is 0 Å². The summed E-state index contributed by atoms with van der Waals surface area (Å²) in [7, 11) is 1.60. The van der Waals surface area contributed by atoms with Gasteiger partial charge in [0.1, 0.15) is 17.5 Å². The zero-order valence-corrected chi connectivity index (χ0v) is 19.9. The standard InChI is InChI=1S/C26H25N5O3S/c1-34-21-12-7-11-19(15-21)29-26-31-23(17-35-26)25(33)30-22(14-18-8-3-2-4-9-18)24(32)28-16-20-10-5-6-13-27-20/h2-13,15,17,22H,14,16H2,1H3,(H,28,32)(H,29,31)(H,30,33)/t22-/m0/s1. The van der Waals surface area contributed by atoms with Crippen molar-refractivity contribution in [1.82, 2.24) is 20.6 Å². The average Bonchev–Trinajstić information content (AvgIpc) is 3.37. The molecule has 0 fully saturated rings. The molecule has 0 spiro atoms. The van der Waals surface area contributed by atoms with Crippen LogP contribution in [0.2, 0.25) is 0 Å². The lowest BCUT2D eigenvalue weighted by Gasteiger charge is -2.18. The molecule has 2 aromatic carbocycles. The first-order chi connectivity index (χ1) is 17.1. The fourth-order valence-electron chi connectivity index (χ4n) is 3.35. The summed E-state index contributed by atoms with van der Waals surface area (Å²) in [4.78, 5) is 34.6. The van der Waals surface area contributed by atoms with Crippen molar-refractivity contribution in [2.24, 2.45) is 0 Å². The van der Waals surface area contributed by atoms with E-state index >= 15 is 0 Å².